The maximum atomic E-state index is 12.0. The summed E-state index contributed by atoms with van der Waals surface area (Å²) in [6.07, 6.45) is 0. The van der Waals surface area contributed by atoms with Crippen LogP contribution < -0.4 is 0 Å². The monoisotopic (exact) mass is 1160 g/mol. The van der Waals surface area contributed by atoms with E-state index in [1.807, 2.05) is 114 Å². The van der Waals surface area contributed by atoms with Crippen molar-refractivity contribution in [3.05, 3.63) is 276 Å². The largest absolute Gasteiger partial charge is 0.451 e. The van der Waals surface area contributed by atoms with Crippen LogP contribution in [-0.2, 0) is 46.4 Å². The van der Waals surface area contributed by atoms with Gasteiger partial charge in [0, 0.05) is 48.2 Å². The van der Waals surface area contributed by atoms with E-state index < -0.39 is 20.2 Å². The molecule has 15 heteroatoms. The molecule has 5 aromatic heterocycles. The third kappa shape index (κ3) is 11.2. The van der Waals surface area contributed by atoms with Gasteiger partial charge >= 0.3 is 0 Å². The molecule has 0 saturated carbocycles. The lowest BCUT2D eigenvalue weighted by molar-refractivity contribution is 0.481. The van der Waals surface area contributed by atoms with E-state index in [4.69, 9.17) is 14.4 Å². The molecule has 5 heterocycles. The van der Waals surface area contributed by atoms with E-state index in [0.29, 0.717) is 43.2 Å². The summed E-state index contributed by atoms with van der Waals surface area (Å²) in [5.41, 5.74) is 15.9. The van der Waals surface area contributed by atoms with Gasteiger partial charge in [-0.15, -0.1) is 0 Å². The third-order valence-electron chi connectivity index (χ3n) is 15.4. The summed E-state index contributed by atoms with van der Waals surface area (Å²) in [6, 6.07) is 78.8. The van der Waals surface area contributed by atoms with Crippen LogP contribution >= 0.6 is 0 Å². The number of aryl methyl sites for hydroxylation is 2. The van der Waals surface area contributed by atoms with Gasteiger partial charge in [0.2, 0.25) is 0 Å². The molecular weight excluding hydrogens is 1100 g/mol. The quantitative estimate of drug-likeness (QED) is 0.101. The minimum Gasteiger partial charge on any atom is -0.451 e. The van der Waals surface area contributed by atoms with E-state index in [-0.39, 0.29) is 9.79 Å². The van der Waals surface area contributed by atoms with Gasteiger partial charge < -0.3 is 22.7 Å². The summed E-state index contributed by atoms with van der Waals surface area (Å²) in [6.45, 7) is 6.54. The first kappa shape index (κ1) is 54.4. The fraction of sp³-hybridized carbons (Fsp3) is 0.0857. The Morgan fingerprint density at radius 1 is 0.365 bits per heavy atom. The molecule has 13 nitrogen and oxygen atoms in total. The molecule has 0 aliphatic rings. The molecular formula is C70H56N6O7S2. The summed E-state index contributed by atoms with van der Waals surface area (Å²) < 4.78 is 82.4. The Morgan fingerprint density at radius 2 is 0.753 bits per heavy atom. The fourth-order valence-corrected chi connectivity index (χ4v) is 12.2. The summed E-state index contributed by atoms with van der Waals surface area (Å²) in [5.74, 6) is 2.88. The van der Waals surface area contributed by atoms with Gasteiger partial charge in [0.25, 0.3) is 20.2 Å². The van der Waals surface area contributed by atoms with E-state index >= 15 is 0 Å². The second-order valence-corrected chi connectivity index (χ2v) is 24.2. The summed E-state index contributed by atoms with van der Waals surface area (Å²) >= 11 is 0. The summed E-state index contributed by atoms with van der Waals surface area (Å²) in [7, 11) is -8.70. The molecule has 0 unspecified atom stereocenters. The molecule has 0 spiro atoms. The molecule has 0 radical (unpaired) electrons. The van der Waals surface area contributed by atoms with E-state index in [1.54, 1.807) is 18.2 Å². The molecule has 0 saturated heterocycles. The van der Waals surface area contributed by atoms with Gasteiger partial charge in [-0.2, -0.15) is 16.8 Å². The number of benzene rings is 9. The Morgan fingerprint density at radius 3 is 1.21 bits per heavy atom. The highest BCUT2D eigenvalue weighted by Crippen LogP contribution is 2.37. The van der Waals surface area contributed by atoms with Crippen LogP contribution in [0.4, 0.5) is 0 Å². The number of fused-ring (bicyclic) bond motifs is 4. The van der Waals surface area contributed by atoms with Gasteiger partial charge in [0.1, 0.15) is 5.82 Å². The highest BCUT2D eigenvalue weighted by molar-refractivity contribution is 7.86. The van der Waals surface area contributed by atoms with Crippen LogP contribution in [-0.4, -0.2) is 54.2 Å². The normalized spacial score (nSPS) is 11.9. The van der Waals surface area contributed by atoms with Gasteiger partial charge in [-0.1, -0.05) is 170 Å². The number of nitrogens with zero attached hydrogens (tertiary/aromatic N) is 6. The van der Waals surface area contributed by atoms with E-state index in [0.717, 1.165) is 94.8 Å². The molecule has 85 heavy (non-hydrogen) atoms. The third-order valence-corrected chi connectivity index (χ3v) is 17.1. The van der Waals surface area contributed by atoms with Gasteiger partial charge in [0.15, 0.2) is 17.3 Å². The second kappa shape index (κ2) is 22.4. The lowest BCUT2D eigenvalue weighted by atomic mass is 10.1. The number of aromatic nitrogens is 6. The highest BCUT2D eigenvalue weighted by Gasteiger charge is 2.23. The Hall–Kier alpha value is -9.90. The molecule has 14 rings (SSSR count). The van der Waals surface area contributed by atoms with Crippen molar-refractivity contribution in [1.29, 1.82) is 0 Å². The van der Waals surface area contributed by atoms with Crippen molar-refractivity contribution in [3.8, 4) is 45.7 Å². The molecule has 0 atom stereocenters. The lowest BCUT2D eigenvalue weighted by Gasteiger charge is -2.13. The van der Waals surface area contributed by atoms with Gasteiger partial charge in [0.05, 0.1) is 48.6 Å². The van der Waals surface area contributed by atoms with E-state index in [1.165, 1.54) is 29.3 Å². The first-order valence-corrected chi connectivity index (χ1v) is 30.6. The van der Waals surface area contributed by atoms with E-state index in [9.17, 15) is 25.9 Å². The minimum absolute atomic E-state index is 0.123. The predicted molar refractivity (Wildman–Crippen MR) is 336 cm³/mol. The Kier molecular flexibility index (Phi) is 14.3. The summed E-state index contributed by atoms with van der Waals surface area (Å²) in [4.78, 5) is 9.73. The number of imidazole rings is 2. The van der Waals surface area contributed by atoms with Crippen molar-refractivity contribution in [2.75, 3.05) is 0 Å². The summed E-state index contributed by atoms with van der Waals surface area (Å²) in [5, 5.41) is 1.72. The molecule has 0 fully saturated rings. The zero-order valence-corrected chi connectivity index (χ0v) is 48.0. The second-order valence-electron chi connectivity index (χ2n) is 21.3. The Labute approximate surface area is 491 Å². The number of hydrogen-bond donors (Lipinski definition) is 2. The maximum Gasteiger partial charge on any atom is 0.294 e. The number of furan rings is 1. The molecule has 0 bridgehead atoms. The molecule has 2 N–H and O–H groups in total. The van der Waals surface area contributed by atoms with Crippen LogP contribution in [0.1, 0.15) is 33.4 Å². The molecule has 14 aromatic rings. The van der Waals surface area contributed by atoms with Gasteiger partial charge in [-0.05, 0) is 126 Å². The smallest absolute Gasteiger partial charge is 0.294 e. The van der Waals surface area contributed by atoms with Crippen LogP contribution in [0.25, 0.3) is 89.6 Å². The Balaban J connectivity index is 0.000000158. The van der Waals surface area contributed by atoms with Crippen LogP contribution in [0.15, 0.2) is 257 Å². The van der Waals surface area contributed by atoms with Crippen LogP contribution in [0.2, 0.25) is 0 Å². The zero-order chi connectivity index (χ0) is 58.4. The van der Waals surface area contributed by atoms with Crippen molar-refractivity contribution in [1.82, 2.24) is 28.2 Å². The standard InChI is InChI=1S/C36H29N3O3S.C34H27N3O4S/c1-25-12-19-32-35(20-25)39(24-27-10-6-3-7-11-27)36(37-32)29-15-13-28(14-16-29)33-21-30-17-18-31(43(40,41)42)22-34(30)38(33)23-26-8-4-2-5-9-26;1-23-12-15-28-30(18-23)37(22-25-10-6-3-7-11-25)34(35-28)33-17-16-32(41-33)31-19-26-13-14-27(42(38,39)40)20-29(26)36(31)21-24-8-4-2-5-9-24/h2-22H,23-24H2,1H3,(H,40,41,42);2-20H,21-22H2,1H3,(H,38,39,40). The number of rotatable bonds is 14. The highest BCUT2D eigenvalue weighted by atomic mass is 32.2. The lowest BCUT2D eigenvalue weighted by Crippen LogP contribution is -2.04. The topological polar surface area (TPSA) is 167 Å². The molecule has 0 amide bonds. The average Bonchev–Trinajstić information content (AvgIpc) is 2.81. The van der Waals surface area contributed by atoms with Crippen molar-refractivity contribution < 1.29 is 30.4 Å². The molecule has 420 valence electrons. The SMILES string of the molecule is Cc1ccc2nc(-c3ccc(-c4cc5ccc(S(=O)(=O)O)cc5n4Cc4ccccc4)cc3)n(Cc3ccccc3)c2c1.Cc1ccc2nc(-c3ccc(-c4cc5ccc(S(=O)(=O)O)cc5n4Cc4ccccc4)o3)n(Cc3ccccc3)c2c1. The van der Waals surface area contributed by atoms with Crippen molar-refractivity contribution >= 4 is 64.1 Å². The number of hydrogen-bond acceptors (Lipinski definition) is 7. The van der Waals surface area contributed by atoms with E-state index in [2.05, 4.69) is 125 Å². The minimum atomic E-state index is -4.37. The van der Waals surface area contributed by atoms with Gasteiger partial charge in [-0.3, -0.25) is 9.11 Å². The van der Waals surface area contributed by atoms with Crippen molar-refractivity contribution in [2.45, 2.75) is 49.8 Å². The first-order valence-electron chi connectivity index (χ1n) is 27.7. The molecule has 0 aliphatic carbocycles. The van der Waals surface area contributed by atoms with Crippen LogP contribution in [0, 0.1) is 13.8 Å². The Bertz CT molecular complexity index is 5010. The molecule has 0 aliphatic heterocycles. The average molecular weight is 1160 g/mol. The van der Waals surface area contributed by atoms with Crippen LogP contribution in [0.3, 0.4) is 0 Å². The van der Waals surface area contributed by atoms with Gasteiger partial charge in [-0.25, -0.2) is 9.97 Å². The maximum absolute atomic E-state index is 12.0. The van der Waals surface area contributed by atoms with Crippen molar-refractivity contribution in [2.24, 2.45) is 0 Å². The zero-order valence-electron chi connectivity index (χ0n) is 46.4. The predicted octanol–water partition coefficient (Wildman–Crippen LogP) is 15.5. The van der Waals surface area contributed by atoms with Crippen molar-refractivity contribution in [3.63, 3.8) is 0 Å². The van der Waals surface area contributed by atoms with Crippen LogP contribution in [0.5, 0.6) is 0 Å². The fourth-order valence-electron chi connectivity index (χ4n) is 11.2. The molecule has 9 aromatic carbocycles. The first-order chi connectivity index (χ1) is 41.2.